The second kappa shape index (κ2) is 8.98. The Morgan fingerprint density at radius 3 is 2.18 bits per heavy atom. The van der Waals surface area contributed by atoms with Crippen LogP contribution in [0.2, 0.25) is 0 Å². The van der Waals surface area contributed by atoms with Crippen molar-refractivity contribution >= 4 is 6.16 Å². The SMILES string of the molecule is C1CO1.C=CCOCC1CO1.O=C1OCCO1. The van der Waals surface area contributed by atoms with Crippen molar-refractivity contribution in [2.24, 2.45) is 0 Å². The Hall–Kier alpha value is -1.11. The highest BCUT2D eigenvalue weighted by atomic mass is 16.8. The lowest BCUT2D eigenvalue weighted by atomic mass is 10.5. The molecule has 0 amide bonds. The molecule has 0 saturated carbocycles. The van der Waals surface area contributed by atoms with Crippen LogP contribution >= 0.6 is 0 Å². The predicted octanol–water partition coefficient (Wildman–Crippen LogP) is 0.758. The summed E-state index contributed by atoms with van der Waals surface area (Å²) in [6.45, 7) is 8.58. The number of epoxide rings is 2. The highest BCUT2D eigenvalue weighted by molar-refractivity contribution is 5.61. The molecule has 3 heterocycles. The van der Waals surface area contributed by atoms with Gasteiger partial charge in [-0.05, 0) is 0 Å². The van der Waals surface area contributed by atoms with E-state index in [1.54, 1.807) is 6.08 Å². The zero-order chi connectivity index (χ0) is 12.3. The van der Waals surface area contributed by atoms with Crippen LogP contribution in [0.3, 0.4) is 0 Å². The van der Waals surface area contributed by atoms with Gasteiger partial charge in [0, 0.05) is 0 Å². The summed E-state index contributed by atoms with van der Waals surface area (Å²) in [6.07, 6.45) is 1.58. The fraction of sp³-hybridized carbons (Fsp3) is 0.727. The molecule has 3 aliphatic rings. The van der Waals surface area contributed by atoms with Gasteiger partial charge in [-0.3, -0.25) is 0 Å². The van der Waals surface area contributed by atoms with E-state index in [0.717, 1.165) is 26.4 Å². The molecule has 0 N–H and O–H groups in total. The Kier molecular flexibility index (Phi) is 7.37. The second-order valence-corrected chi connectivity index (χ2v) is 3.34. The molecule has 98 valence electrons. The number of hydrogen-bond acceptors (Lipinski definition) is 6. The Labute approximate surface area is 100 Å². The quantitative estimate of drug-likeness (QED) is 0.315. The minimum Gasteiger partial charge on any atom is -0.431 e. The van der Waals surface area contributed by atoms with Gasteiger partial charge in [0.05, 0.1) is 33.0 Å². The molecule has 1 unspecified atom stereocenters. The molecule has 3 rings (SSSR count). The second-order valence-electron chi connectivity index (χ2n) is 3.34. The van der Waals surface area contributed by atoms with Crippen molar-refractivity contribution < 1.29 is 28.5 Å². The number of cyclic esters (lactones) is 2. The van der Waals surface area contributed by atoms with Gasteiger partial charge < -0.3 is 23.7 Å². The zero-order valence-corrected chi connectivity index (χ0v) is 9.76. The first-order valence-electron chi connectivity index (χ1n) is 5.50. The standard InChI is InChI=1S/C6H10O2.C3H4O3.C2H4O/c1-2-3-7-4-6-5-8-6;4-3-5-1-2-6-3;1-2-3-1/h2,6H,1,3-5H2;1-2H2;1-2H2. The molecule has 17 heavy (non-hydrogen) atoms. The van der Waals surface area contributed by atoms with Crippen molar-refractivity contribution in [3.63, 3.8) is 0 Å². The van der Waals surface area contributed by atoms with Crippen LogP contribution in [0, 0.1) is 0 Å². The van der Waals surface area contributed by atoms with Crippen molar-refractivity contribution in [3.05, 3.63) is 12.7 Å². The molecule has 0 aliphatic carbocycles. The monoisotopic (exact) mass is 246 g/mol. The molecular weight excluding hydrogens is 228 g/mol. The Morgan fingerprint density at radius 2 is 1.88 bits per heavy atom. The van der Waals surface area contributed by atoms with Gasteiger partial charge in [0.15, 0.2) is 0 Å². The topological polar surface area (TPSA) is 69.8 Å². The van der Waals surface area contributed by atoms with Crippen LogP contribution in [0.5, 0.6) is 0 Å². The zero-order valence-electron chi connectivity index (χ0n) is 9.76. The van der Waals surface area contributed by atoms with Crippen LogP contribution < -0.4 is 0 Å². The van der Waals surface area contributed by atoms with E-state index < -0.39 is 6.16 Å². The van der Waals surface area contributed by atoms with Crippen LogP contribution in [0.25, 0.3) is 0 Å². The van der Waals surface area contributed by atoms with E-state index in [9.17, 15) is 4.79 Å². The van der Waals surface area contributed by atoms with E-state index >= 15 is 0 Å². The van der Waals surface area contributed by atoms with E-state index in [0.29, 0.717) is 25.9 Å². The molecule has 0 aromatic rings. The fourth-order valence-corrected chi connectivity index (χ4v) is 0.739. The Morgan fingerprint density at radius 1 is 1.29 bits per heavy atom. The van der Waals surface area contributed by atoms with Crippen LogP contribution in [0.1, 0.15) is 0 Å². The average Bonchev–Trinajstić information content (AvgIpc) is 3.22. The summed E-state index contributed by atoms with van der Waals surface area (Å²) in [5.74, 6) is 0. The van der Waals surface area contributed by atoms with E-state index in [4.69, 9.17) is 9.47 Å². The van der Waals surface area contributed by atoms with Crippen LogP contribution in [-0.2, 0) is 23.7 Å². The molecule has 0 spiro atoms. The highest BCUT2D eigenvalue weighted by Crippen LogP contribution is 2.07. The van der Waals surface area contributed by atoms with Gasteiger partial charge >= 0.3 is 6.16 Å². The van der Waals surface area contributed by atoms with E-state index in [1.165, 1.54) is 0 Å². The highest BCUT2D eigenvalue weighted by Gasteiger charge is 2.21. The summed E-state index contributed by atoms with van der Waals surface area (Å²) in [6, 6.07) is 0. The molecule has 3 fully saturated rings. The molecule has 1 atom stereocenters. The lowest BCUT2D eigenvalue weighted by Crippen LogP contribution is -2.00. The van der Waals surface area contributed by atoms with Gasteiger partial charge in [0.25, 0.3) is 0 Å². The molecule has 6 heteroatoms. The lowest BCUT2D eigenvalue weighted by Gasteiger charge is -1.92. The first-order chi connectivity index (χ1) is 8.33. The molecule has 0 aromatic carbocycles. The maximum Gasteiger partial charge on any atom is 0.508 e. The number of rotatable bonds is 4. The number of ether oxygens (including phenoxy) is 5. The van der Waals surface area contributed by atoms with Gasteiger partial charge in [-0.2, -0.15) is 0 Å². The fourth-order valence-electron chi connectivity index (χ4n) is 0.739. The minimum absolute atomic E-state index is 0.384. The molecule has 0 aromatic heterocycles. The smallest absolute Gasteiger partial charge is 0.431 e. The summed E-state index contributed by atoms with van der Waals surface area (Å²) in [7, 11) is 0. The number of hydrogen-bond donors (Lipinski definition) is 0. The lowest BCUT2D eigenvalue weighted by molar-refractivity contribution is 0.131. The van der Waals surface area contributed by atoms with E-state index in [2.05, 4.69) is 20.8 Å². The molecule has 0 bridgehead atoms. The number of carbonyl (C=O) groups is 1. The third kappa shape index (κ3) is 11.2. The first kappa shape index (κ1) is 14.0. The summed E-state index contributed by atoms with van der Waals surface area (Å²) in [4.78, 5) is 9.80. The molecule has 6 nitrogen and oxygen atoms in total. The summed E-state index contributed by atoms with van der Waals surface area (Å²) < 4.78 is 23.0. The number of carbonyl (C=O) groups excluding carboxylic acids is 1. The van der Waals surface area contributed by atoms with Crippen LogP contribution in [0.4, 0.5) is 4.79 Å². The van der Waals surface area contributed by atoms with Crippen LogP contribution in [0.15, 0.2) is 12.7 Å². The Balaban J connectivity index is 0.000000140. The van der Waals surface area contributed by atoms with E-state index in [-0.39, 0.29) is 0 Å². The van der Waals surface area contributed by atoms with Gasteiger partial charge in [-0.15, -0.1) is 6.58 Å². The molecule has 0 radical (unpaired) electrons. The van der Waals surface area contributed by atoms with Crippen LogP contribution in [-0.4, -0.2) is 58.5 Å². The van der Waals surface area contributed by atoms with Gasteiger partial charge in [-0.25, -0.2) is 4.79 Å². The summed E-state index contributed by atoms with van der Waals surface area (Å²) in [5.41, 5.74) is 0. The third-order valence-electron chi connectivity index (χ3n) is 1.67. The first-order valence-corrected chi connectivity index (χ1v) is 5.50. The normalized spacial score (nSPS) is 23.1. The predicted molar refractivity (Wildman–Crippen MR) is 58.9 cm³/mol. The maximum atomic E-state index is 9.80. The average molecular weight is 246 g/mol. The molecule has 3 aliphatic heterocycles. The van der Waals surface area contributed by atoms with Crippen molar-refractivity contribution in [2.75, 3.05) is 46.2 Å². The van der Waals surface area contributed by atoms with Crippen molar-refractivity contribution in [1.29, 1.82) is 0 Å². The minimum atomic E-state index is -0.546. The van der Waals surface area contributed by atoms with Gasteiger partial charge in [0.2, 0.25) is 0 Å². The maximum absolute atomic E-state index is 9.80. The van der Waals surface area contributed by atoms with E-state index in [1.807, 2.05) is 0 Å². The third-order valence-corrected chi connectivity index (χ3v) is 1.67. The Bertz CT molecular complexity index is 213. The van der Waals surface area contributed by atoms with Gasteiger partial charge in [-0.1, -0.05) is 6.08 Å². The van der Waals surface area contributed by atoms with Crippen molar-refractivity contribution in [1.82, 2.24) is 0 Å². The van der Waals surface area contributed by atoms with Crippen molar-refractivity contribution in [2.45, 2.75) is 6.10 Å². The van der Waals surface area contributed by atoms with Crippen molar-refractivity contribution in [3.8, 4) is 0 Å². The van der Waals surface area contributed by atoms with Gasteiger partial charge in [0.1, 0.15) is 19.3 Å². The molecule has 3 saturated heterocycles. The molecular formula is C11H18O6. The largest absolute Gasteiger partial charge is 0.508 e. The summed E-state index contributed by atoms with van der Waals surface area (Å²) in [5, 5.41) is 0. The summed E-state index contributed by atoms with van der Waals surface area (Å²) >= 11 is 0.